The van der Waals surface area contributed by atoms with Crippen molar-refractivity contribution in [3.63, 3.8) is 0 Å². The van der Waals surface area contributed by atoms with Gasteiger partial charge in [-0.15, -0.1) is 0 Å². The normalized spacial score (nSPS) is 12.3. The van der Waals surface area contributed by atoms with Crippen LogP contribution in [0.2, 0.25) is 0 Å². The summed E-state index contributed by atoms with van der Waals surface area (Å²) in [6, 6.07) is -1.21. The van der Waals surface area contributed by atoms with Crippen LogP contribution in [-0.2, 0) is 14.3 Å². The Bertz CT molecular complexity index is 229. The van der Waals surface area contributed by atoms with Crippen molar-refractivity contribution in [2.24, 2.45) is 11.7 Å². The molecule has 0 aliphatic rings. The minimum atomic E-state index is -1.21. The molecular weight excluding hydrogens is 208 g/mol. The summed E-state index contributed by atoms with van der Waals surface area (Å²) in [5.74, 6) is -0.540. The number of nitrogens with two attached hydrogens (primary N) is 1. The molecule has 0 rings (SSSR count). The van der Waals surface area contributed by atoms with Gasteiger partial charge in [-0.2, -0.15) is 0 Å². The van der Waals surface area contributed by atoms with Crippen molar-refractivity contribution in [1.82, 2.24) is 5.32 Å². The number of hydrogen-bond acceptors (Lipinski definition) is 4. The number of ether oxygens (including phenoxy) is 1. The Morgan fingerprint density at radius 3 is 2.50 bits per heavy atom. The summed E-state index contributed by atoms with van der Waals surface area (Å²) in [4.78, 5) is 22.5. The Balaban J connectivity index is 3.75. The van der Waals surface area contributed by atoms with E-state index in [1.807, 2.05) is 0 Å². The van der Waals surface area contributed by atoms with Crippen LogP contribution in [0.5, 0.6) is 0 Å². The van der Waals surface area contributed by atoms with Gasteiger partial charge >= 0.3 is 5.97 Å². The van der Waals surface area contributed by atoms with Crippen molar-refractivity contribution in [3.8, 4) is 0 Å². The van der Waals surface area contributed by atoms with Gasteiger partial charge < -0.3 is 15.8 Å². The second-order valence-electron chi connectivity index (χ2n) is 4.06. The molecule has 0 spiro atoms. The third kappa shape index (κ3) is 6.40. The molecule has 5 heteroatoms. The fourth-order valence-corrected chi connectivity index (χ4v) is 1.17. The SMILES string of the molecule is CCOC(=O)C(N)C(=O)NCCCC(C)C. The van der Waals surface area contributed by atoms with E-state index in [0.717, 1.165) is 12.8 Å². The molecule has 0 bridgehead atoms. The summed E-state index contributed by atoms with van der Waals surface area (Å²) in [6.07, 6.45) is 1.92. The number of esters is 1. The lowest BCUT2D eigenvalue weighted by Gasteiger charge is -2.11. The van der Waals surface area contributed by atoms with E-state index in [4.69, 9.17) is 5.73 Å². The van der Waals surface area contributed by atoms with Crippen molar-refractivity contribution in [2.75, 3.05) is 13.2 Å². The minimum absolute atomic E-state index is 0.229. The van der Waals surface area contributed by atoms with Crippen molar-refractivity contribution in [2.45, 2.75) is 39.7 Å². The van der Waals surface area contributed by atoms with Gasteiger partial charge in [-0.05, 0) is 25.7 Å². The molecule has 0 aliphatic carbocycles. The Labute approximate surface area is 96.7 Å². The Morgan fingerprint density at radius 2 is 2.00 bits per heavy atom. The summed E-state index contributed by atoms with van der Waals surface area (Å²) in [6.45, 7) is 6.68. The van der Waals surface area contributed by atoms with Gasteiger partial charge in [0.15, 0.2) is 6.04 Å². The van der Waals surface area contributed by atoms with Crippen LogP contribution in [-0.4, -0.2) is 31.1 Å². The van der Waals surface area contributed by atoms with Gasteiger partial charge in [0.25, 0.3) is 0 Å². The topological polar surface area (TPSA) is 81.4 Å². The zero-order chi connectivity index (χ0) is 12.6. The molecule has 1 unspecified atom stereocenters. The first-order chi connectivity index (χ1) is 7.49. The first-order valence-corrected chi connectivity index (χ1v) is 5.69. The molecule has 1 atom stereocenters. The highest BCUT2D eigenvalue weighted by molar-refractivity contribution is 6.01. The van der Waals surface area contributed by atoms with E-state index in [0.29, 0.717) is 12.5 Å². The van der Waals surface area contributed by atoms with Crippen molar-refractivity contribution >= 4 is 11.9 Å². The maximum Gasteiger partial charge on any atom is 0.332 e. The number of carbonyl (C=O) groups excluding carboxylic acids is 2. The van der Waals surface area contributed by atoms with E-state index in [1.54, 1.807) is 6.92 Å². The largest absolute Gasteiger partial charge is 0.464 e. The highest BCUT2D eigenvalue weighted by atomic mass is 16.5. The van der Waals surface area contributed by atoms with E-state index in [-0.39, 0.29) is 6.61 Å². The van der Waals surface area contributed by atoms with Crippen molar-refractivity contribution in [3.05, 3.63) is 0 Å². The average Bonchev–Trinajstić information content (AvgIpc) is 2.23. The molecule has 0 heterocycles. The number of carbonyl (C=O) groups is 2. The zero-order valence-corrected chi connectivity index (χ0v) is 10.3. The van der Waals surface area contributed by atoms with Gasteiger partial charge in [0.1, 0.15) is 0 Å². The van der Waals surface area contributed by atoms with Crippen molar-refractivity contribution < 1.29 is 14.3 Å². The molecule has 0 aromatic carbocycles. The monoisotopic (exact) mass is 230 g/mol. The van der Waals surface area contributed by atoms with Crippen LogP contribution >= 0.6 is 0 Å². The van der Waals surface area contributed by atoms with Crippen molar-refractivity contribution in [1.29, 1.82) is 0 Å². The molecule has 0 saturated carbocycles. The van der Waals surface area contributed by atoms with Gasteiger partial charge in [-0.25, -0.2) is 4.79 Å². The summed E-state index contributed by atoms with van der Waals surface area (Å²) in [5.41, 5.74) is 5.40. The number of amides is 1. The molecule has 0 fully saturated rings. The molecule has 0 aromatic rings. The van der Waals surface area contributed by atoms with Crippen LogP contribution in [0.4, 0.5) is 0 Å². The lowest BCUT2D eigenvalue weighted by atomic mass is 10.1. The third-order valence-corrected chi connectivity index (χ3v) is 2.08. The molecule has 5 nitrogen and oxygen atoms in total. The van der Waals surface area contributed by atoms with E-state index in [2.05, 4.69) is 23.9 Å². The Hall–Kier alpha value is -1.10. The Kier molecular flexibility index (Phi) is 7.54. The molecule has 3 N–H and O–H groups in total. The number of nitrogens with one attached hydrogen (secondary N) is 1. The van der Waals surface area contributed by atoms with E-state index in [9.17, 15) is 9.59 Å². The first kappa shape index (κ1) is 14.9. The van der Waals surface area contributed by atoms with E-state index >= 15 is 0 Å². The predicted octanol–water partition coefficient (Wildman–Crippen LogP) is 0.429. The summed E-state index contributed by atoms with van der Waals surface area (Å²) >= 11 is 0. The van der Waals surface area contributed by atoms with Crippen LogP contribution in [0.15, 0.2) is 0 Å². The lowest BCUT2D eigenvalue weighted by Crippen LogP contribution is -2.47. The molecule has 0 saturated heterocycles. The quantitative estimate of drug-likeness (QED) is 0.377. The van der Waals surface area contributed by atoms with Gasteiger partial charge in [-0.3, -0.25) is 4.79 Å². The summed E-state index contributed by atoms with van der Waals surface area (Å²) in [7, 11) is 0. The van der Waals surface area contributed by atoms with Crippen LogP contribution in [0, 0.1) is 5.92 Å². The Morgan fingerprint density at radius 1 is 1.38 bits per heavy atom. The molecule has 1 amide bonds. The molecular formula is C11H22N2O3. The standard InChI is InChI=1S/C11H22N2O3/c1-4-16-11(15)9(12)10(14)13-7-5-6-8(2)3/h8-9H,4-7,12H2,1-3H3,(H,13,14). The third-order valence-electron chi connectivity index (χ3n) is 2.08. The molecule has 0 aliphatic heterocycles. The van der Waals surface area contributed by atoms with Gasteiger partial charge in [0, 0.05) is 6.54 Å². The summed E-state index contributed by atoms with van der Waals surface area (Å²) < 4.78 is 4.64. The molecule has 0 aromatic heterocycles. The lowest BCUT2D eigenvalue weighted by molar-refractivity contribution is -0.147. The smallest absolute Gasteiger partial charge is 0.332 e. The second-order valence-corrected chi connectivity index (χ2v) is 4.06. The van der Waals surface area contributed by atoms with E-state index in [1.165, 1.54) is 0 Å². The number of hydrogen-bond donors (Lipinski definition) is 2. The highest BCUT2D eigenvalue weighted by Gasteiger charge is 2.22. The van der Waals surface area contributed by atoms with Crippen LogP contribution < -0.4 is 11.1 Å². The van der Waals surface area contributed by atoms with Gasteiger partial charge in [0.2, 0.25) is 5.91 Å². The first-order valence-electron chi connectivity index (χ1n) is 5.69. The maximum atomic E-state index is 11.4. The summed E-state index contributed by atoms with van der Waals surface area (Å²) in [5, 5.41) is 2.61. The van der Waals surface area contributed by atoms with Crippen LogP contribution in [0.25, 0.3) is 0 Å². The van der Waals surface area contributed by atoms with Crippen LogP contribution in [0.3, 0.4) is 0 Å². The average molecular weight is 230 g/mol. The second kappa shape index (κ2) is 8.10. The number of rotatable bonds is 7. The maximum absolute atomic E-state index is 11.4. The zero-order valence-electron chi connectivity index (χ0n) is 10.3. The van der Waals surface area contributed by atoms with Crippen LogP contribution in [0.1, 0.15) is 33.6 Å². The minimum Gasteiger partial charge on any atom is -0.464 e. The van der Waals surface area contributed by atoms with Gasteiger partial charge in [-0.1, -0.05) is 13.8 Å². The molecule has 0 radical (unpaired) electrons. The highest BCUT2D eigenvalue weighted by Crippen LogP contribution is 2.01. The fraction of sp³-hybridized carbons (Fsp3) is 0.818. The van der Waals surface area contributed by atoms with Gasteiger partial charge in [0.05, 0.1) is 6.61 Å². The predicted molar refractivity (Wildman–Crippen MR) is 61.7 cm³/mol. The fourth-order valence-electron chi connectivity index (χ4n) is 1.17. The molecule has 16 heavy (non-hydrogen) atoms. The van der Waals surface area contributed by atoms with E-state index < -0.39 is 17.9 Å². The molecule has 94 valence electrons.